The van der Waals surface area contributed by atoms with E-state index in [0.29, 0.717) is 17.0 Å². The van der Waals surface area contributed by atoms with Crippen molar-refractivity contribution in [3.8, 4) is 0 Å². The summed E-state index contributed by atoms with van der Waals surface area (Å²) >= 11 is 9.28. The maximum Gasteiger partial charge on any atom is 0.167 e. The highest BCUT2D eigenvalue weighted by molar-refractivity contribution is 9.10. The van der Waals surface area contributed by atoms with Crippen LogP contribution >= 0.6 is 27.5 Å². The van der Waals surface area contributed by atoms with Crippen LogP contribution in [0.4, 0.5) is 0 Å². The molecule has 3 heteroatoms. The Bertz CT molecular complexity index is 555. The smallest absolute Gasteiger partial charge is 0.167 e. The van der Waals surface area contributed by atoms with Crippen LogP contribution in [0.2, 0.25) is 5.02 Å². The first-order valence-electron chi connectivity index (χ1n) is 5.59. The summed E-state index contributed by atoms with van der Waals surface area (Å²) in [6, 6.07) is 13.2. The van der Waals surface area contributed by atoms with Crippen LogP contribution in [0.25, 0.3) is 0 Å². The van der Waals surface area contributed by atoms with Gasteiger partial charge in [0.05, 0.1) is 0 Å². The minimum Gasteiger partial charge on any atom is -0.294 e. The first-order valence-corrected chi connectivity index (χ1v) is 6.76. The van der Waals surface area contributed by atoms with E-state index in [1.54, 1.807) is 18.2 Å². The molecule has 1 nitrogen and oxygen atoms in total. The topological polar surface area (TPSA) is 17.1 Å². The number of hydrogen-bond acceptors (Lipinski definition) is 1. The normalized spacial score (nSPS) is 10.4. The van der Waals surface area contributed by atoms with Crippen LogP contribution in [0, 0.1) is 6.92 Å². The van der Waals surface area contributed by atoms with Crippen LogP contribution in [-0.4, -0.2) is 5.78 Å². The van der Waals surface area contributed by atoms with Gasteiger partial charge in [0.15, 0.2) is 5.78 Å². The summed E-state index contributed by atoms with van der Waals surface area (Å²) in [5.41, 5.74) is 2.84. The molecular formula is C15H12BrClO. The monoisotopic (exact) mass is 322 g/mol. The second-order valence-electron chi connectivity index (χ2n) is 4.24. The van der Waals surface area contributed by atoms with Crippen LogP contribution in [0.5, 0.6) is 0 Å². The third-order valence-corrected chi connectivity index (χ3v) is 3.35. The second kappa shape index (κ2) is 5.68. The maximum absolute atomic E-state index is 12.1. The zero-order chi connectivity index (χ0) is 13.1. The van der Waals surface area contributed by atoms with Gasteiger partial charge in [0.25, 0.3) is 0 Å². The van der Waals surface area contributed by atoms with Crippen LogP contribution in [0.1, 0.15) is 21.5 Å². The molecular weight excluding hydrogens is 312 g/mol. The van der Waals surface area contributed by atoms with Gasteiger partial charge < -0.3 is 0 Å². The molecule has 2 rings (SSSR count). The summed E-state index contributed by atoms with van der Waals surface area (Å²) in [4.78, 5) is 12.1. The molecule has 0 bridgehead atoms. The average molecular weight is 324 g/mol. The zero-order valence-electron chi connectivity index (χ0n) is 9.91. The SMILES string of the molecule is Cc1ccc(CC(=O)c2cc(Cl)cc(Br)c2)cc1. The molecule has 0 N–H and O–H groups in total. The molecule has 0 aliphatic carbocycles. The number of rotatable bonds is 3. The highest BCUT2D eigenvalue weighted by Gasteiger charge is 2.08. The number of carbonyl (C=O) groups is 1. The Morgan fingerprint density at radius 3 is 2.44 bits per heavy atom. The number of aryl methyl sites for hydroxylation is 1. The van der Waals surface area contributed by atoms with Crippen molar-refractivity contribution in [2.45, 2.75) is 13.3 Å². The lowest BCUT2D eigenvalue weighted by molar-refractivity contribution is 0.0993. The highest BCUT2D eigenvalue weighted by atomic mass is 79.9. The third-order valence-electron chi connectivity index (χ3n) is 2.67. The largest absolute Gasteiger partial charge is 0.294 e. The summed E-state index contributed by atoms with van der Waals surface area (Å²) in [5.74, 6) is 0.0713. The van der Waals surface area contributed by atoms with Crippen molar-refractivity contribution in [1.29, 1.82) is 0 Å². The van der Waals surface area contributed by atoms with E-state index in [-0.39, 0.29) is 5.78 Å². The van der Waals surface area contributed by atoms with Crippen molar-refractivity contribution < 1.29 is 4.79 Å². The standard InChI is InChI=1S/C15H12BrClO/c1-10-2-4-11(5-3-10)6-15(18)12-7-13(16)9-14(17)8-12/h2-5,7-9H,6H2,1H3. The summed E-state index contributed by atoms with van der Waals surface area (Å²) in [7, 11) is 0. The number of Topliss-reactive ketones (excluding diaryl/α,β-unsaturated/α-hetero) is 1. The number of ketones is 1. The zero-order valence-corrected chi connectivity index (χ0v) is 12.3. The minimum absolute atomic E-state index is 0.0713. The maximum atomic E-state index is 12.1. The van der Waals surface area contributed by atoms with E-state index in [1.807, 2.05) is 31.2 Å². The van der Waals surface area contributed by atoms with Gasteiger partial charge in [-0.25, -0.2) is 0 Å². The summed E-state index contributed by atoms with van der Waals surface area (Å²) < 4.78 is 0.822. The Balaban J connectivity index is 2.19. The molecule has 0 radical (unpaired) electrons. The Kier molecular flexibility index (Phi) is 4.20. The number of benzene rings is 2. The van der Waals surface area contributed by atoms with Crippen molar-refractivity contribution in [2.75, 3.05) is 0 Å². The van der Waals surface area contributed by atoms with E-state index >= 15 is 0 Å². The molecule has 18 heavy (non-hydrogen) atoms. The van der Waals surface area contributed by atoms with Crippen LogP contribution in [0.15, 0.2) is 46.9 Å². The molecule has 2 aromatic rings. The van der Waals surface area contributed by atoms with Crippen molar-refractivity contribution in [1.82, 2.24) is 0 Å². The molecule has 0 aliphatic heterocycles. The predicted octanol–water partition coefficient (Wildman–Crippen LogP) is 4.84. The quantitative estimate of drug-likeness (QED) is 0.739. The van der Waals surface area contributed by atoms with E-state index in [9.17, 15) is 4.79 Å². The fourth-order valence-corrected chi connectivity index (χ4v) is 2.57. The van der Waals surface area contributed by atoms with Crippen molar-refractivity contribution >= 4 is 33.3 Å². The predicted molar refractivity (Wildman–Crippen MR) is 78.4 cm³/mol. The summed E-state index contributed by atoms with van der Waals surface area (Å²) in [5, 5.41) is 0.566. The molecule has 0 spiro atoms. The minimum atomic E-state index is 0.0713. The number of halogens is 2. The number of carbonyl (C=O) groups excluding carboxylic acids is 1. The lowest BCUT2D eigenvalue weighted by atomic mass is 10.0. The van der Waals surface area contributed by atoms with Gasteiger partial charge in [-0.3, -0.25) is 4.79 Å². The van der Waals surface area contributed by atoms with Crippen LogP contribution < -0.4 is 0 Å². The van der Waals surface area contributed by atoms with E-state index in [0.717, 1.165) is 10.0 Å². The molecule has 0 aliphatic rings. The molecule has 0 saturated carbocycles. The lowest BCUT2D eigenvalue weighted by Crippen LogP contribution is -2.03. The molecule has 0 fully saturated rings. The second-order valence-corrected chi connectivity index (χ2v) is 5.60. The summed E-state index contributed by atoms with van der Waals surface area (Å²) in [6.45, 7) is 2.03. The van der Waals surface area contributed by atoms with Crippen LogP contribution in [-0.2, 0) is 6.42 Å². The van der Waals surface area contributed by atoms with Crippen LogP contribution in [0.3, 0.4) is 0 Å². The Labute approximate surface area is 120 Å². The molecule has 2 aromatic carbocycles. The van der Waals surface area contributed by atoms with Gasteiger partial charge in [0.1, 0.15) is 0 Å². The van der Waals surface area contributed by atoms with Crippen molar-refractivity contribution in [2.24, 2.45) is 0 Å². The van der Waals surface area contributed by atoms with E-state index in [1.165, 1.54) is 5.56 Å². The molecule has 0 heterocycles. The van der Waals surface area contributed by atoms with E-state index in [4.69, 9.17) is 11.6 Å². The highest BCUT2D eigenvalue weighted by Crippen LogP contribution is 2.20. The van der Waals surface area contributed by atoms with Gasteiger partial charge in [-0.05, 0) is 30.7 Å². The first kappa shape index (κ1) is 13.3. The fourth-order valence-electron chi connectivity index (χ4n) is 1.71. The van der Waals surface area contributed by atoms with Crippen molar-refractivity contribution in [3.63, 3.8) is 0 Å². The van der Waals surface area contributed by atoms with E-state index in [2.05, 4.69) is 15.9 Å². The lowest BCUT2D eigenvalue weighted by Gasteiger charge is -2.04. The van der Waals surface area contributed by atoms with Gasteiger partial charge in [-0.15, -0.1) is 0 Å². The first-order chi connectivity index (χ1) is 8.54. The molecule has 0 amide bonds. The van der Waals surface area contributed by atoms with Gasteiger partial charge in [-0.2, -0.15) is 0 Å². The number of hydrogen-bond donors (Lipinski definition) is 0. The molecule has 0 unspecified atom stereocenters. The molecule has 92 valence electrons. The average Bonchev–Trinajstić information content (AvgIpc) is 2.31. The Morgan fingerprint density at radius 1 is 1.17 bits per heavy atom. The van der Waals surface area contributed by atoms with Gasteiger partial charge in [0.2, 0.25) is 0 Å². The van der Waals surface area contributed by atoms with E-state index < -0.39 is 0 Å². The molecule has 0 aromatic heterocycles. The molecule has 0 atom stereocenters. The van der Waals surface area contributed by atoms with Gasteiger partial charge >= 0.3 is 0 Å². The van der Waals surface area contributed by atoms with Gasteiger partial charge in [0, 0.05) is 21.5 Å². The van der Waals surface area contributed by atoms with Crippen molar-refractivity contribution in [3.05, 3.63) is 68.7 Å². The Hall–Kier alpha value is -1.12. The molecule has 0 saturated heterocycles. The van der Waals surface area contributed by atoms with Gasteiger partial charge in [-0.1, -0.05) is 57.4 Å². The summed E-state index contributed by atoms with van der Waals surface area (Å²) in [6.07, 6.45) is 0.396. The third kappa shape index (κ3) is 3.44. The fraction of sp³-hybridized carbons (Fsp3) is 0.133. The Morgan fingerprint density at radius 2 is 1.83 bits per heavy atom.